The summed E-state index contributed by atoms with van der Waals surface area (Å²) in [5.74, 6) is 1.82. The Kier molecular flexibility index (Phi) is 4.66. The molecule has 2 unspecified atom stereocenters. The number of fused-ring (bicyclic) bond motifs is 1. The summed E-state index contributed by atoms with van der Waals surface area (Å²) in [6.07, 6.45) is 7.38. The molecule has 1 heterocycles. The van der Waals surface area contributed by atoms with E-state index in [0.29, 0.717) is 0 Å². The Morgan fingerprint density at radius 3 is 2.81 bits per heavy atom. The molecule has 16 heavy (non-hydrogen) atoms. The van der Waals surface area contributed by atoms with E-state index in [2.05, 4.69) is 24.1 Å². The van der Waals surface area contributed by atoms with Crippen LogP contribution in [0.15, 0.2) is 0 Å². The molecule has 2 atom stereocenters. The lowest BCUT2D eigenvalue weighted by Gasteiger charge is -2.37. The van der Waals surface area contributed by atoms with Crippen LogP contribution in [0.5, 0.6) is 0 Å². The number of likely N-dealkylation sites (tertiary alicyclic amines) is 1. The standard InChI is InChI=1S/C14H28N2/c1-12(2)11-15-8-10-16-9-4-6-13-5-3-7-14(13)16/h12-15H,3-11H2,1-2H3. The van der Waals surface area contributed by atoms with E-state index in [0.717, 1.165) is 17.9 Å². The minimum absolute atomic E-state index is 0.778. The summed E-state index contributed by atoms with van der Waals surface area (Å²) in [6.45, 7) is 9.53. The first-order valence-electron chi connectivity index (χ1n) is 7.22. The Hall–Kier alpha value is -0.0800. The number of nitrogens with one attached hydrogen (secondary N) is 1. The van der Waals surface area contributed by atoms with E-state index in [1.807, 2.05) is 0 Å². The Balaban J connectivity index is 1.68. The lowest BCUT2D eigenvalue weighted by atomic mass is 9.92. The average Bonchev–Trinajstić information content (AvgIpc) is 2.72. The molecule has 1 N–H and O–H groups in total. The van der Waals surface area contributed by atoms with Crippen molar-refractivity contribution in [2.24, 2.45) is 11.8 Å². The number of hydrogen-bond acceptors (Lipinski definition) is 2. The maximum atomic E-state index is 3.57. The van der Waals surface area contributed by atoms with Crippen molar-refractivity contribution in [2.45, 2.75) is 52.0 Å². The van der Waals surface area contributed by atoms with Crippen molar-refractivity contribution >= 4 is 0 Å². The molecule has 0 aromatic rings. The Morgan fingerprint density at radius 1 is 1.19 bits per heavy atom. The second-order valence-corrected chi connectivity index (χ2v) is 6.03. The second kappa shape index (κ2) is 6.02. The number of piperidine rings is 1. The first-order valence-corrected chi connectivity index (χ1v) is 7.22. The van der Waals surface area contributed by atoms with Crippen LogP contribution in [0.4, 0.5) is 0 Å². The first-order chi connectivity index (χ1) is 7.77. The van der Waals surface area contributed by atoms with Crippen molar-refractivity contribution in [1.82, 2.24) is 10.2 Å². The molecule has 2 fully saturated rings. The number of hydrogen-bond donors (Lipinski definition) is 1. The van der Waals surface area contributed by atoms with Crippen molar-refractivity contribution in [2.75, 3.05) is 26.2 Å². The van der Waals surface area contributed by atoms with E-state index in [1.165, 1.54) is 58.3 Å². The molecule has 1 saturated carbocycles. The van der Waals surface area contributed by atoms with Crippen molar-refractivity contribution in [1.29, 1.82) is 0 Å². The third-order valence-electron chi connectivity index (χ3n) is 4.24. The van der Waals surface area contributed by atoms with Gasteiger partial charge < -0.3 is 5.32 Å². The van der Waals surface area contributed by atoms with E-state index in [1.54, 1.807) is 0 Å². The number of rotatable bonds is 5. The van der Waals surface area contributed by atoms with Crippen molar-refractivity contribution < 1.29 is 0 Å². The van der Waals surface area contributed by atoms with Crippen LogP contribution in [0.2, 0.25) is 0 Å². The monoisotopic (exact) mass is 224 g/mol. The summed E-state index contributed by atoms with van der Waals surface area (Å²) in [4.78, 5) is 2.76. The molecule has 1 saturated heterocycles. The lowest BCUT2D eigenvalue weighted by Crippen LogP contribution is -2.45. The van der Waals surface area contributed by atoms with Crippen molar-refractivity contribution in [3.63, 3.8) is 0 Å². The predicted molar refractivity (Wildman–Crippen MR) is 69.6 cm³/mol. The summed E-state index contributed by atoms with van der Waals surface area (Å²) in [5, 5.41) is 3.57. The highest BCUT2D eigenvalue weighted by Crippen LogP contribution is 2.36. The van der Waals surface area contributed by atoms with Gasteiger partial charge in [0.25, 0.3) is 0 Å². The third kappa shape index (κ3) is 3.21. The van der Waals surface area contributed by atoms with E-state index in [4.69, 9.17) is 0 Å². The fourth-order valence-electron chi connectivity index (χ4n) is 3.45. The summed E-state index contributed by atoms with van der Waals surface area (Å²) < 4.78 is 0. The molecule has 0 amide bonds. The van der Waals surface area contributed by atoms with Gasteiger partial charge >= 0.3 is 0 Å². The smallest absolute Gasteiger partial charge is 0.0124 e. The van der Waals surface area contributed by atoms with Crippen LogP contribution in [-0.2, 0) is 0 Å². The van der Waals surface area contributed by atoms with Gasteiger partial charge in [0.1, 0.15) is 0 Å². The van der Waals surface area contributed by atoms with Crippen LogP contribution in [0.3, 0.4) is 0 Å². The summed E-state index contributed by atoms with van der Waals surface area (Å²) in [7, 11) is 0. The van der Waals surface area contributed by atoms with Crippen LogP contribution < -0.4 is 5.32 Å². The Morgan fingerprint density at radius 2 is 2.00 bits per heavy atom. The molecule has 2 heteroatoms. The number of nitrogens with zero attached hydrogens (tertiary/aromatic N) is 1. The van der Waals surface area contributed by atoms with Gasteiger partial charge in [-0.05, 0) is 50.6 Å². The average molecular weight is 224 g/mol. The Labute approximate surface area is 101 Å². The molecule has 0 aromatic heterocycles. The SMILES string of the molecule is CC(C)CNCCN1CCCC2CCCC21. The first kappa shape index (κ1) is 12.4. The molecule has 1 aliphatic heterocycles. The third-order valence-corrected chi connectivity index (χ3v) is 4.24. The van der Waals surface area contributed by atoms with E-state index < -0.39 is 0 Å². The van der Waals surface area contributed by atoms with E-state index in [9.17, 15) is 0 Å². The van der Waals surface area contributed by atoms with Crippen LogP contribution in [0, 0.1) is 11.8 Å². The van der Waals surface area contributed by atoms with Gasteiger partial charge in [0.2, 0.25) is 0 Å². The molecule has 0 radical (unpaired) electrons. The summed E-state index contributed by atoms with van der Waals surface area (Å²) in [6, 6.07) is 0.939. The zero-order valence-corrected chi connectivity index (χ0v) is 11.0. The largest absolute Gasteiger partial charge is 0.315 e. The highest BCUT2D eigenvalue weighted by Gasteiger charge is 2.34. The lowest BCUT2D eigenvalue weighted by molar-refractivity contribution is 0.114. The van der Waals surface area contributed by atoms with Gasteiger partial charge in [0.05, 0.1) is 0 Å². The maximum absolute atomic E-state index is 3.57. The van der Waals surface area contributed by atoms with Gasteiger partial charge in [-0.25, -0.2) is 0 Å². The Bertz CT molecular complexity index is 203. The minimum atomic E-state index is 0.778. The van der Waals surface area contributed by atoms with Gasteiger partial charge in [-0.2, -0.15) is 0 Å². The highest BCUT2D eigenvalue weighted by atomic mass is 15.2. The summed E-state index contributed by atoms with van der Waals surface area (Å²) in [5.41, 5.74) is 0. The quantitative estimate of drug-likeness (QED) is 0.722. The molecule has 0 aromatic carbocycles. The molecular weight excluding hydrogens is 196 g/mol. The topological polar surface area (TPSA) is 15.3 Å². The molecule has 0 spiro atoms. The van der Waals surface area contributed by atoms with Crippen LogP contribution >= 0.6 is 0 Å². The molecule has 2 rings (SSSR count). The fourth-order valence-corrected chi connectivity index (χ4v) is 3.45. The second-order valence-electron chi connectivity index (χ2n) is 6.03. The fraction of sp³-hybridized carbons (Fsp3) is 1.00. The zero-order valence-electron chi connectivity index (χ0n) is 11.0. The van der Waals surface area contributed by atoms with Crippen molar-refractivity contribution in [3.8, 4) is 0 Å². The summed E-state index contributed by atoms with van der Waals surface area (Å²) >= 11 is 0. The van der Waals surface area contributed by atoms with Gasteiger partial charge in [-0.3, -0.25) is 4.90 Å². The van der Waals surface area contributed by atoms with Gasteiger partial charge in [0.15, 0.2) is 0 Å². The van der Waals surface area contributed by atoms with Gasteiger partial charge in [-0.1, -0.05) is 20.3 Å². The van der Waals surface area contributed by atoms with Gasteiger partial charge in [-0.15, -0.1) is 0 Å². The molecule has 0 bridgehead atoms. The zero-order chi connectivity index (χ0) is 11.4. The van der Waals surface area contributed by atoms with E-state index in [-0.39, 0.29) is 0 Å². The van der Waals surface area contributed by atoms with E-state index >= 15 is 0 Å². The molecular formula is C14H28N2. The molecule has 2 aliphatic rings. The van der Waals surface area contributed by atoms with Gasteiger partial charge in [0, 0.05) is 19.1 Å². The van der Waals surface area contributed by atoms with Crippen molar-refractivity contribution in [3.05, 3.63) is 0 Å². The molecule has 94 valence electrons. The van der Waals surface area contributed by atoms with Crippen LogP contribution in [0.25, 0.3) is 0 Å². The predicted octanol–water partition coefficient (Wildman–Crippen LogP) is 2.50. The highest BCUT2D eigenvalue weighted by molar-refractivity contribution is 4.89. The normalized spacial score (nSPS) is 30.9. The minimum Gasteiger partial charge on any atom is -0.315 e. The molecule has 1 aliphatic carbocycles. The van der Waals surface area contributed by atoms with Crippen LogP contribution in [-0.4, -0.2) is 37.1 Å². The van der Waals surface area contributed by atoms with Crippen LogP contribution in [0.1, 0.15) is 46.0 Å². The maximum Gasteiger partial charge on any atom is 0.0124 e. The molecule has 2 nitrogen and oxygen atoms in total.